The molecule has 2 heteroatoms. The van der Waals surface area contributed by atoms with E-state index in [2.05, 4.69) is 26.1 Å². The van der Waals surface area contributed by atoms with Gasteiger partial charge in [0.25, 0.3) is 0 Å². The van der Waals surface area contributed by atoms with Crippen molar-refractivity contribution in [2.75, 3.05) is 26.3 Å². The highest BCUT2D eigenvalue weighted by Gasteiger charge is 2.38. The summed E-state index contributed by atoms with van der Waals surface area (Å²) in [5.41, 5.74) is 0.580. The van der Waals surface area contributed by atoms with E-state index in [1.807, 2.05) is 0 Å². The van der Waals surface area contributed by atoms with E-state index in [4.69, 9.17) is 4.74 Å². The first-order valence-electron chi connectivity index (χ1n) is 5.50. The molecule has 0 atom stereocenters. The van der Waals surface area contributed by atoms with E-state index in [-0.39, 0.29) is 0 Å². The number of hydrogen-bond donors (Lipinski definition) is 1. The summed E-state index contributed by atoms with van der Waals surface area (Å²) >= 11 is 0. The largest absolute Gasteiger partial charge is 0.382 e. The van der Waals surface area contributed by atoms with Gasteiger partial charge in [-0.25, -0.2) is 0 Å². The first kappa shape index (κ1) is 11.0. The lowest BCUT2D eigenvalue weighted by atomic mass is 9.69. The van der Waals surface area contributed by atoms with Crippen LogP contribution >= 0.6 is 0 Å². The van der Waals surface area contributed by atoms with E-state index in [0.717, 1.165) is 19.1 Å². The Bertz CT molecular complexity index is 141. The smallest absolute Gasteiger partial charge is 0.0466 e. The summed E-state index contributed by atoms with van der Waals surface area (Å²) in [6.45, 7) is 10.9. The molecule has 1 aliphatic heterocycles. The van der Waals surface area contributed by atoms with Crippen LogP contribution in [0.1, 0.15) is 33.6 Å². The molecule has 1 heterocycles. The number of nitrogens with one attached hydrogen (secondary N) is 1. The average molecular weight is 185 g/mol. The Balaban J connectivity index is 2.17. The molecular formula is C11H23NO. The molecule has 0 amide bonds. The van der Waals surface area contributed by atoms with E-state index in [9.17, 15) is 0 Å². The Kier molecular flexibility index (Phi) is 4.20. The van der Waals surface area contributed by atoms with Crippen molar-refractivity contribution in [2.45, 2.75) is 33.6 Å². The summed E-state index contributed by atoms with van der Waals surface area (Å²) in [5, 5.41) is 3.38. The molecule has 0 unspecified atom stereocenters. The van der Waals surface area contributed by atoms with Gasteiger partial charge in [-0.15, -0.1) is 0 Å². The van der Waals surface area contributed by atoms with E-state index >= 15 is 0 Å². The van der Waals surface area contributed by atoms with Crippen LogP contribution in [0.15, 0.2) is 0 Å². The summed E-state index contributed by atoms with van der Waals surface area (Å²) in [6, 6.07) is 0. The first-order chi connectivity index (χ1) is 6.21. The molecule has 1 rings (SSSR count). The van der Waals surface area contributed by atoms with Gasteiger partial charge in [0, 0.05) is 26.3 Å². The zero-order valence-electron chi connectivity index (χ0n) is 9.23. The molecule has 78 valence electrons. The van der Waals surface area contributed by atoms with Crippen molar-refractivity contribution in [3.05, 3.63) is 0 Å². The van der Waals surface area contributed by atoms with Gasteiger partial charge in [0.15, 0.2) is 0 Å². The second kappa shape index (κ2) is 4.97. The molecule has 0 radical (unpaired) electrons. The summed E-state index contributed by atoms with van der Waals surface area (Å²) in [5.74, 6) is 0.801. The minimum atomic E-state index is 0.580. The van der Waals surface area contributed by atoms with Crippen molar-refractivity contribution in [1.29, 1.82) is 0 Å². The number of rotatable bonds is 6. The van der Waals surface area contributed by atoms with Gasteiger partial charge in [0.1, 0.15) is 0 Å². The first-order valence-corrected chi connectivity index (χ1v) is 5.50. The van der Waals surface area contributed by atoms with Crippen LogP contribution in [0.4, 0.5) is 0 Å². The van der Waals surface area contributed by atoms with Crippen molar-refractivity contribution < 1.29 is 4.74 Å². The Morgan fingerprint density at radius 3 is 2.46 bits per heavy atom. The van der Waals surface area contributed by atoms with Crippen molar-refractivity contribution in [2.24, 2.45) is 11.3 Å². The minimum absolute atomic E-state index is 0.580. The monoisotopic (exact) mass is 185 g/mol. The Morgan fingerprint density at radius 1 is 1.38 bits per heavy atom. The highest BCUT2D eigenvalue weighted by molar-refractivity contribution is 4.94. The highest BCUT2D eigenvalue weighted by atomic mass is 16.5. The highest BCUT2D eigenvalue weighted by Crippen LogP contribution is 2.36. The molecule has 13 heavy (non-hydrogen) atoms. The van der Waals surface area contributed by atoms with Gasteiger partial charge in [-0.05, 0) is 31.1 Å². The van der Waals surface area contributed by atoms with Crippen LogP contribution in [0, 0.1) is 11.3 Å². The van der Waals surface area contributed by atoms with Crippen LogP contribution in [-0.2, 0) is 4.74 Å². The molecule has 0 saturated carbocycles. The average Bonchev–Trinajstić information content (AvgIpc) is 2.01. The summed E-state index contributed by atoms with van der Waals surface area (Å²) in [6.07, 6.45) is 2.53. The maximum Gasteiger partial charge on any atom is 0.0466 e. The van der Waals surface area contributed by atoms with E-state index in [1.165, 1.54) is 25.9 Å². The van der Waals surface area contributed by atoms with Crippen LogP contribution in [0.2, 0.25) is 0 Å². The van der Waals surface area contributed by atoms with Crippen LogP contribution in [-0.4, -0.2) is 26.3 Å². The van der Waals surface area contributed by atoms with Gasteiger partial charge in [0.05, 0.1) is 0 Å². The maximum atomic E-state index is 5.36. The number of ether oxygens (including phenoxy) is 1. The predicted molar refractivity (Wildman–Crippen MR) is 55.9 cm³/mol. The third-order valence-electron chi connectivity index (χ3n) is 3.35. The van der Waals surface area contributed by atoms with Gasteiger partial charge in [-0.1, -0.05) is 13.8 Å². The standard InChI is InChI=1S/C11H23NO/c1-4-13-7-5-6-11(10(2)3)8-12-9-11/h10,12H,4-9H2,1-3H3. The normalized spacial score (nSPS) is 20.3. The molecule has 0 aromatic rings. The van der Waals surface area contributed by atoms with Gasteiger partial charge in [-0.2, -0.15) is 0 Å². The summed E-state index contributed by atoms with van der Waals surface area (Å²) in [4.78, 5) is 0. The van der Waals surface area contributed by atoms with Crippen LogP contribution in [0.25, 0.3) is 0 Å². The zero-order chi connectivity index (χ0) is 9.73. The fourth-order valence-corrected chi connectivity index (χ4v) is 1.99. The predicted octanol–water partition coefficient (Wildman–Crippen LogP) is 2.05. The second-order valence-corrected chi connectivity index (χ2v) is 4.42. The van der Waals surface area contributed by atoms with Crippen molar-refractivity contribution >= 4 is 0 Å². The third-order valence-corrected chi connectivity index (χ3v) is 3.35. The lowest BCUT2D eigenvalue weighted by Gasteiger charge is -2.46. The quantitative estimate of drug-likeness (QED) is 0.639. The molecule has 1 fully saturated rings. The van der Waals surface area contributed by atoms with Crippen LogP contribution in [0.5, 0.6) is 0 Å². The van der Waals surface area contributed by atoms with E-state index in [0.29, 0.717) is 5.41 Å². The molecular weight excluding hydrogens is 162 g/mol. The Morgan fingerprint density at radius 2 is 2.08 bits per heavy atom. The van der Waals surface area contributed by atoms with Gasteiger partial charge in [-0.3, -0.25) is 0 Å². The van der Waals surface area contributed by atoms with Crippen molar-refractivity contribution in [1.82, 2.24) is 5.32 Å². The van der Waals surface area contributed by atoms with Gasteiger partial charge < -0.3 is 10.1 Å². The molecule has 0 bridgehead atoms. The Labute approximate surface area is 82.0 Å². The lowest BCUT2D eigenvalue weighted by molar-refractivity contribution is 0.0643. The zero-order valence-corrected chi connectivity index (χ0v) is 9.23. The lowest BCUT2D eigenvalue weighted by Crippen LogP contribution is -2.56. The van der Waals surface area contributed by atoms with Gasteiger partial charge in [0.2, 0.25) is 0 Å². The third kappa shape index (κ3) is 2.68. The van der Waals surface area contributed by atoms with E-state index < -0.39 is 0 Å². The topological polar surface area (TPSA) is 21.3 Å². The fraction of sp³-hybridized carbons (Fsp3) is 1.00. The van der Waals surface area contributed by atoms with Crippen molar-refractivity contribution in [3.63, 3.8) is 0 Å². The molecule has 0 aliphatic carbocycles. The van der Waals surface area contributed by atoms with Crippen LogP contribution in [0.3, 0.4) is 0 Å². The van der Waals surface area contributed by atoms with Crippen molar-refractivity contribution in [3.8, 4) is 0 Å². The second-order valence-electron chi connectivity index (χ2n) is 4.42. The SMILES string of the molecule is CCOCCCC1(C(C)C)CNC1. The maximum absolute atomic E-state index is 5.36. The summed E-state index contributed by atoms with van der Waals surface area (Å²) < 4.78 is 5.36. The number of hydrogen-bond acceptors (Lipinski definition) is 2. The molecule has 2 nitrogen and oxygen atoms in total. The van der Waals surface area contributed by atoms with Crippen LogP contribution < -0.4 is 5.32 Å². The molecule has 0 aromatic carbocycles. The molecule has 0 aromatic heterocycles. The molecule has 1 N–H and O–H groups in total. The molecule has 0 spiro atoms. The van der Waals surface area contributed by atoms with Gasteiger partial charge >= 0.3 is 0 Å². The van der Waals surface area contributed by atoms with E-state index in [1.54, 1.807) is 0 Å². The Hall–Kier alpha value is -0.0800. The fourth-order valence-electron chi connectivity index (χ4n) is 1.99. The minimum Gasteiger partial charge on any atom is -0.382 e. The molecule has 1 aliphatic rings. The molecule has 1 saturated heterocycles. The summed E-state index contributed by atoms with van der Waals surface area (Å²) in [7, 11) is 0.